The smallest absolute Gasteiger partial charge is 0.285 e. The third kappa shape index (κ3) is 3.18. The van der Waals surface area contributed by atoms with Crippen molar-refractivity contribution in [3.8, 4) is 5.75 Å². The van der Waals surface area contributed by atoms with Gasteiger partial charge in [0.25, 0.3) is 10.0 Å². The number of hydrogen-bond donors (Lipinski definition) is 1. The zero-order valence-corrected chi connectivity index (χ0v) is 17.5. The van der Waals surface area contributed by atoms with E-state index in [4.69, 9.17) is 4.74 Å². The normalized spacial score (nSPS) is 15.8. The molecular formula is C20H19N3O3S2. The Kier molecular flexibility index (Phi) is 4.47. The van der Waals surface area contributed by atoms with Gasteiger partial charge in [-0.05, 0) is 55.7 Å². The maximum atomic E-state index is 12.7. The van der Waals surface area contributed by atoms with Gasteiger partial charge in [0.05, 0.1) is 17.3 Å². The fourth-order valence-electron chi connectivity index (χ4n) is 3.09. The lowest BCUT2D eigenvalue weighted by Crippen LogP contribution is -2.11. The highest BCUT2D eigenvalue weighted by Crippen LogP contribution is 2.35. The van der Waals surface area contributed by atoms with Crippen LogP contribution in [0.5, 0.6) is 5.75 Å². The lowest BCUT2D eigenvalue weighted by molar-refractivity contribution is 0.415. The molecule has 6 nitrogen and oxygen atoms in total. The number of rotatable bonds is 3. The molecule has 144 valence electrons. The molecule has 0 atom stereocenters. The number of aromatic nitrogens is 1. The van der Waals surface area contributed by atoms with Crippen LogP contribution in [0.3, 0.4) is 0 Å². The van der Waals surface area contributed by atoms with Gasteiger partial charge in [0.2, 0.25) is 0 Å². The van der Waals surface area contributed by atoms with Gasteiger partial charge in [0.15, 0.2) is 5.13 Å². The van der Waals surface area contributed by atoms with Crippen LogP contribution in [-0.4, -0.2) is 26.3 Å². The van der Waals surface area contributed by atoms with Crippen LogP contribution >= 0.6 is 11.3 Å². The summed E-state index contributed by atoms with van der Waals surface area (Å²) < 4.78 is 35.6. The molecule has 1 N–H and O–H groups in total. The molecule has 0 saturated heterocycles. The van der Waals surface area contributed by atoms with Gasteiger partial charge >= 0.3 is 0 Å². The van der Waals surface area contributed by atoms with Crippen molar-refractivity contribution in [2.75, 3.05) is 12.4 Å². The Bertz CT molecular complexity index is 1270. The van der Waals surface area contributed by atoms with E-state index in [2.05, 4.69) is 14.7 Å². The van der Waals surface area contributed by atoms with Gasteiger partial charge < -0.3 is 10.1 Å². The van der Waals surface area contributed by atoms with Crippen molar-refractivity contribution >= 4 is 47.4 Å². The van der Waals surface area contributed by atoms with E-state index < -0.39 is 10.0 Å². The minimum Gasteiger partial charge on any atom is -0.497 e. The lowest BCUT2D eigenvalue weighted by atomic mass is 10.0. The van der Waals surface area contributed by atoms with Crippen LogP contribution in [0.2, 0.25) is 0 Å². The molecule has 3 aromatic rings. The third-order valence-corrected chi connectivity index (χ3v) is 7.17. The summed E-state index contributed by atoms with van der Waals surface area (Å²) >= 11 is 1.42. The average Bonchev–Trinajstić information content (AvgIpc) is 3.14. The highest BCUT2D eigenvalue weighted by molar-refractivity contribution is 8.00. The first-order chi connectivity index (χ1) is 13.3. The Morgan fingerprint density at radius 1 is 1.04 bits per heavy atom. The average molecular weight is 414 g/mol. The van der Waals surface area contributed by atoms with E-state index in [9.17, 15) is 8.42 Å². The Morgan fingerprint density at radius 3 is 2.54 bits per heavy atom. The quantitative estimate of drug-likeness (QED) is 0.683. The van der Waals surface area contributed by atoms with Gasteiger partial charge in [-0.1, -0.05) is 29.5 Å². The predicted octanol–water partition coefficient (Wildman–Crippen LogP) is 4.51. The van der Waals surface area contributed by atoms with Crippen molar-refractivity contribution < 1.29 is 13.2 Å². The highest BCUT2D eigenvalue weighted by Gasteiger charge is 2.31. The van der Waals surface area contributed by atoms with Gasteiger partial charge in [-0.3, -0.25) is 0 Å². The number of hydrogen-bond acceptors (Lipinski definition) is 6. The molecule has 0 saturated carbocycles. The second-order valence-electron chi connectivity index (χ2n) is 6.65. The lowest BCUT2D eigenvalue weighted by Gasteiger charge is -2.07. The zero-order chi connectivity index (χ0) is 20.1. The van der Waals surface area contributed by atoms with E-state index in [-0.39, 0.29) is 4.91 Å². The fraction of sp³-hybridized carbons (Fsp3) is 0.200. The number of nitrogens with zero attached hydrogens (tertiary/aromatic N) is 2. The molecule has 0 radical (unpaired) electrons. The van der Waals surface area contributed by atoms with E-state index in [1.165, 1.54) is 11.3 Å². The van der Waals surface area contributed by atoms with Gasteiger partial charge in [0.1, 0.15) is 16.5 Å². The number of benzene rings is 2. The Hall–Kier alpha value is -2.71. The molecule has 28 heavy (non-hydrogen) atoms. The monoisotopic (exact) mass is 413 g/mol. The summed E-state index contributed by atoms with van der Waals surface area (Å²) in [7, 11) is -2.15. The molecule has 2 heterocycles. The van der Waals surface area contributed by atoms with Crippen LogP contribution in [0.1, 0.15) is 23.6 Å². The molecule has 0 bridgehead atoms. The predicted molar refractivity (Wildman–Crippen MR) is 115 cm³/mol. The molecule has 0 aliphatic carbocycles. The van der Waals surface area contributed by atoms with E-state index >= 15 is 0 Å². The number of aryl methyl sites for hydroxylation is 2. The standard InChI is InChI=1S/C20H19N3O3S2/c1-11-5-6-14(9-12(11)2)18-13(3)19(23-28(18,24)25)22-20-21-16-8-7-15(26-4)10-17(16)27-20/h5-10H,1-4H3,(H,21,22,23). The summed E-state index contributed by atoms with van der Waals surface area (Å²) in [4.78, 5) is 4.75. The zero-order valence-electron chi connectivity index (χ0n) is 15.9. The van der Waals surface area contributed by atoms with Crippen LogP contribution < -0.4 is 10.1 Å². The van der Waals surface area contributed by atoms with Crippen LogP contribution in [-0.2, 0) is 10.0 Å². The molecular weight excluding hydrogens is 394 g/mol. The van der Waals surface area contributed by atoms with Crippen molar-refractivity contribution in [3.05, 3.63) is 58.7 Å². The summed E-state index contributed by atoms with van der Waals surface area (Å²) in [6.45, 7) is 5.72. The summed E-state index contributed by atoms with van der Waals surface area (Å²) in [5.74, 6) is 1.05. The van der Waals surface area contributed by atoms with E-state index in [1.807, 2.05) is 50.2 Å². The van der Waals surface area contributed by atoms with Crippen LogP contribution in [0.4, 0.5) is 5.13 Å². The van der Waals surface area contributed by atoms with Gasteiger partial charge in [-0.15, -0.1) is 4.40 Å². The van der Waals surface area contributed by atoms with Crippen molar-refractivity contribution in [2.45, 2.75) is 20.8 Å². The largest absolute Gasteiger partial charge is 0.497 e. The highest BCUT2D eigenvalue weighted by atomic mass is 32.2. The number of nitrogens with one attached hydrogen (secondary N) is 1. The second-order valence-corrected chi connectivity index (χ2v) is 9.22. The van der Waals surface area contributed by atoms with E-state index in [0.29, 0.717) is 22.1 Å². The molecule has 2 aromatic carbocycles. The first kappa shape index (κ1) is 18.6. The molecule has 8 heteroatoms. The molecule has 0 amide bonds. The third-order valence-electron chi connectivity index (χ3n) is 4.76. The van der Waals surface area contributed by atoms with Gasteiger partial charge in [0, 0.05) is 5.57 Å². The Morgan fingerprint density at radius 2 is 1.82 bits per heavy atom. The van der Waals surface area contributed by atoms with Crippen molar-refractivity contribution in [3.63, 3.8) is 0 Å². The van der Waals surface area contributed by atoms with Crippen molar-refractivity contribution in [1.29, 1.82) is 0 Å². The molecule has 1 aromatic heterocycles. The number of thiazole rings is 1. The number of sulfonamides is 1. The van der Waals surface area contributed by atoms with Gasteiger partial charge in [-0.2, -0.15) is 8.42 Å². The molecule has 0 fully saturated rings. The summed E-state index contributed by atoms with van der Waals surface area (Å²) in [6.07, 6.45) is 0. The van der Waals surface area contributed by atoms with Crippen LogP contribution in [0.15, 0.2) is 46.4 Å². The molecule has 1 aliphatic heterocycles. The first-order valence-electron chi connectivity index (χ1n) is 8.64. The Balaban J connectivity index is 1.72. The van der Waals surface area contributed by atoms with Crippen LogP contribution in [0, 0.1) is 13.8 Å². The number of methoxy groups -OCH3 is 1. The van der Waals surface area contributed by atoms with Gasteiger partial charge in [-0.25, -0.2) is 4.98 Å². The molecule has 0 spiro atoms. The molecule has 4 rings (SSSR count). The summed E-state index contributed by atoms with van der Waals surface area (Å²) in [6, 6.07) is 11.2. The van der Waals surface area contributed by atoms with Crippen molar-refractivity contribution in [2.24, 2.45) is 4.40 Å². The maximum Gasteiger partial charge on any atom is 0.285 e. The van der Waals surface area contributed by atoms with Crippen molar-refractivity contribution in [1.82, 2.24) is 4.98 Å². The second kappa shape index (κ2) is 6.72. The molecule has 0 unspecified atom stereocenters. The number of ether oxygens (including phenoxy) is 1. The molecule has 1 aliphatic rings. The summed E-state index contributed by atoms with van der Waals surface area (Å²) in [5.41, 5.74) is 4.19. The minimum absolute atomic E-state index is 0.237. The van der Waals surface area contributed by atoms with E-state index in [0.717, 1.165) is 27.1 Å². The van der Waals surface area contributed by atoms with Crippen LogP contribution in [0.25, 0.3) is 15.1 Å². The topological polar surface area (TPSA) is 80.7 Å². The number of fused-ring (bicyclic) bond motifs is 1. The Labute approximate surface area is 167 Å². The first-order valence-corrected chi connectivity index (χ1v) is 10.9. The summed E-state index contributed by atoms with van der Waals surface area (Å²) in [5, 5.41) is 3.66. The SMILES string of the molecule is COc1ccc2nc(NC3=NS(=O)(=O)C(c4ccc(C)c(C)c4)=C3C)sc2c1. The van der Waals surface area contributed by atoms with E-state index in [1.54, 1.807) is 14.0 Å². The fourth-order valence-corrected chi connectivity index (χ4v) is 5.40. The minimum atomic E-state index is -3.77. The maximum absolute atomic E-state index is 12.7. The number of amidine groups is 1. The number of anilines is 1.